The van der Waals surface area contributed by atoms with Crippen LogP contribution >= 0.6 is 22.9 Å². The minimum absolute atomic E-state index is 0.229. The fourth-order valence-corrected chi connectivity index (χ4v) is 2.67. The Labute approximate surface area is 91.5 Å². The number of hydrogen-bond donors (Lipinski definition) is 1. The number of halogens is 1. The third kappa shape index (κ3) is 2.23. The molecule has 14 heavy (non-hydrogen) atoms. The lowest BCUT2D eigenvalue weighted by molar-refractivity contribution is 0.153. The van der Waals surface area contributed by atoms with E-state index in [4.69, 9.17) is 16.7 Å². The molecule has 0 aromatic carbocycles. The molecule has 1 saturated heterocycles. The van der Waals surface area contributed by atoms with Crippen LogP contribution in [0.3, 0.4) is 0 Å². The molecule has 0 radical (unpaired) electrons. The molecular weight excluding hydrogens is 222 g/mol. The van der Waals surface area contributed by atoms with Crippen molar-refractivity contribution in [3.8, 4) is 0 Å². The Morgan fingerprint density at radius 1 is 1.57 bits per heavy atom. The number of rotatable bonds is 3. The van der Waals surface area contributed by atoms with E-state index < -0.39 is 0 Å². The molecule has 1 aromatic heterocycles. The van der Waals surface area contributed by atoms with E-state index in [0.717, 1.165) is 30.9 Å². The summed E-state index contributed by atoms with van der Waals surface area (Å²) >= 11 is 7.10. The van der Waals surface area contributed by atoms with Crippen LogP contribution in [-0.2, 0) is 6.54 Å². The number of aliphatic hydroxyl groups excluding tert-OH is 1. The lowest BCUT2D eigenvalue weighted by Crippen LogP contribution is -2.31. The van der Waals surface area contributed by atoms with E-state index in [-0.39, 0.29) is 12.6 Å². The average molecular weight is 234 g/mol. The molecule has 4 nitrogen and oxygen atoms in total. The summed E-state index contributed by atoms with van der Waals surface area (Å²) < 4.78 is 0.486. The Morgan fingerprint density at radius 3 is 3.07 bits per heavy atom. The Balaban J connectivity index is 1.96. The lowest BCUT2D eigenvalue weighted by atomic mass is 10.2. The van der Waals surface area contributed by atoms with Gasteiger partial charge in [0, 0.05) is 6.04 Å². The summed E-state index contributed by atoms with van der Waals surface area (Å²) in [7, 11) is 0. The van der Waals surface area contributed by atoms with E-state index in [0.29, 0.717) is 4.47 Å². The molecule has 78 valence electrons. The van der Waals surface area contributed by atoms with Crippen molar-refractivity contribution in [3.05, 3.63) is 9.47 Å². The van der Waals surface area contributed by atoms with Crippen molar-refractivity contribution >= 4 is 22.9 Å². The zero-order chi connectivity index (χ0) is 9.97. The second kappa shape index (κ2) is 4.53. The van der Waals surface area contributed by atoms with E-state index in [1.54, 1.807) is 0 Å². The highest BCUT2D eigenvalue weighted by atomic mass is 35.5. The third-order valence-corrected chi connectivity index (χ3v) is 3.49. The molecule has 0 saturated carbocycles. The van der Waals surface area contributed by atoms with E-state index >= 15 is 0 Å². The van der Waals surface area contributed by atoms with Gasteiger partial charge in [-0.1, -0.05) is 11.3 Å². The van der Waals surface area contributed by atoms with Crippen LogP contribution in [0.5, 0.6) is 0 Å². The first-order chi connectivity index (χ1) is 6.79. The summed E-state index contributed by atoms with van der Waals surface area (Å²) in [5.41, 5.74) is 0. The van der Waals surface area contributed by atoms with Crippen molar-refractivity contribution in [3.63, 3.8) is 0 Å². The van der Waals surface area contributed by atoms with Gasteiger partial charge in [0.05, 0.1) is 13.2 Å². The van der Waals surface area contributed by atoms with Gasteiger partial charge in [0.15, 0.2) is 0 Å². The molecule has 2 rings (SSSR count). The third-order valence-electron chi connectivity index (χ3n) is 2.49. The van der Waals surface area contributed by atoms with Gasteiger partial charge in [-0.3, -0.25) is 4.90 Å². The van der Waals surface area contributed by atoms with Gasteiger partial charge in [0.1, 0.15) is 5.01 Å². The first kappa shape index (κ1) is 10.3. The molecule has 0 aliphatic carbocycles. The van der Waals surface area contributed by atoms with Crippen LogP contribution in [0.1, 0.15) is 17.8 Å². The van der Waals surface area contributed by atoms with Gasteiger partial charge < -0.3 is 5.11 Å². The molecule has 6 heteroatoms. The minimum atomic E-state index is 0.229. The van der Waals surface area contributed by atoms with Gasteiger partial charge in [0.2, 0.25) is 4.47 Å². The van der Waals surface area contributed by atoms with Crippen molar-refractivity contribution in [2.45, 2.75) is 25.4 Å². The topological polar surface area (TPSA) is 49.2 Å². The van der Waals surface area contributed by atoms with E-state index in [1.165, 1.54) is 11.3 Å². The van der Waals surface area contributed by atoms with E-state index in [1.807, 2.05) is 0 Å². The quantitative estimate of drug-likeness (QED) is 0.851. The maximum Gasteiger partial charge on any atom is 0.207 e. The van der Waals surface area contributed by atoms with Crippen molar-refractivity contribution in [2.75, 3.05) is 13.2 Å². The highest BCUT2D eigenvalue weighted by Crippen LogP contribution is 2.22. The molecule has 0 unspecified atom stereocenters. The molecule has 0 bridgehead atoms. The summed E-state index contributed by atoms with van der Waals surface area (Å²) in [4.78, 5) is 2.23. The molecule has 1 fully saturated rings. The van der Waals surface area contributed by atoms with Crippen LogP contribution in [0.2, 0.25) is 4.47 Å². The standard InChI is InChI=1S/C8H12ClN3OS/c9-8-11-10-7(14-8)4-12-3-1-2-6(12)5-13/h6,13H,1-5H2/t6-/m1/s1. The molecular formula is C8H12ClN3OS. The molecule has 1 aliphatic rings. The van der Waals surface area contributed by atoms with Crippen LogP contribution < -0.4 is 0 Å². The van der Waals surface area contributed by atoms with Crippen molar-refractivity contribution in [1.82, 2.24) is 15.1 Å². The second-order valence-electron chi connectivity index (χ2n) is 3.40. The molecule has 1 N–H and O–H groups in total. The fraction of sp³-hybridized carbons (Fsp3) is 0.750. The molecule has 1 aliphatic heterocycles. The Bertz CT molecular complexity index is 307. The molecule has 2 heterocycles. The van der Waals surface area contributed by atoms with Crippen LogP contribution in [-0.4, -0.2) is 39.4 Å². The van der Waals surface area contributed by atoms with E-state index in [9.17, 15) is 0 Å². The summed E-state index contributed by atoms with van der Waals surface area (Å²) in [6.07, 6.45) is 2.22. The Kier molecular flexibility index (Phi) is 3.33. The number of hydrogen-bond acceptors (Lipinski definition) is 5. The van der Waals surface area contributed by atoms with Gasteiger partial charge >= 0.3 is 0 Å². The zero-order valence-corrected chi connectivity index (χ0v) is 9.26. The molecule has 0 amide bonds. The monoisotopic (exact) mass is 233 g/mol. The van der Waals surface area contributed by atoms with Gasteiger partial charge in [-0.2, -0.15) is 0 Å². The summed E-state index contributed by atoms with van der Waals surface area (Å²) in [5, 5.41) is 17.8. The normalized spacial score (nSPS) is 23.1. The van der Waals surface area contributed by atoms with Gasteiger partial charge in [-0.05, 0) is 31.0 Å². The largest absolute Gasteiger partial charge is 0.395 e. The maximum atomic E-state index is 9.12. The first-order valence-corrected chi connectivity index (χ1v) is 5.82. The Hall–Kier alpha value is -0.230. The van der Waals surface area contributed by atoms with Crippen LogP contribution in [0, 0.1) is 0 Å². The fourth-order valence-electron chi connectivity index (χ4n) is 1.78. The molecule has 1 aromatic rings. The van der Waals surface area contributed by atoms with Crippen molar-refractivity contribution < 1.29 is 5.11 Å². The zero-order valence-electron chi connectivity index (χ0n) is 7.69. The van der Waals surface area contributed by atoms with Crippen molar-refractivity contribution in [1.29, 1.82) is 0 Å². The Morgan fingerprint density at radius 2 is 2.43 bits per heavy atom. The predicted octanol–water partition coefficient (Wildman–Crippen LogP) is 1.15. The van der Waals surface area contributed by atoms with Gasteiger partial charge in [-0.25, -0.2) is 0 Å². The summed E-state index contributed by atoms with van der Waals surface area (Å²) in [5.74, 6) is 0. The SMILES string of the molecule is OC[C@H]1CCCN1Cc1nnc(Cl)s1. The highest BCUT2D eigenvalue weighted by Gasteiger charge is 2.24. The van der Waals surface area contributed by atoms with Gasteiger partial charge in [0.25, 0.3) is 0 Å². The highest BCUT2D eigenvalue weighted by molar-refractivity contribution is 7.15. The number of aromatic nitrogens is 2. The van der Waals surface area contributed by atoms with E-state index in [2.05, 4.69) is 15.1 Å². The lowest BCUT2D eigenvalue weighted by Gasteiger charge is -2.20. The van der Waals surface area contributed by atoms with Crippen LogP contribution in [0.25, 0.3) is 0 Å². The number of nitrogens with zero attached hydrogens (tertiary/aromatic N) is 3. The number of aliphatic hydroxyl groups is 1. The average Bonchev–Trinajstić information content (AvgIpc) is 2.76. The van der Waals surface area contributed by atoms with Gasteiger partial charge in [-0.15, -0.1) is 10.2 Å². The number of likely N-dealkylation sites (tertiary alicyclic amines) is 1. The smallest absolute Gasteiger partial charge is 0.207 e. The molecule has 0 spiro atoms. The van der Waals surface area contributed by atoms with Crippen molar-refractivity contribution in [2.24, 2.45) is 0 Å². The second-order valence-corrected chi connectivity index (χ2v) is 5.04. The minimum Gasteiger partial charge on any atom is -0.395 e. The predicted molar refractivity (Wildman–Crippen MR) is 55.4 cm³/mol. The van der Waals surface area contributed by atoms with Crippen LogP contribution in [0.4, 0.5) is 0 Å². The summed E-state index contributed by atoms with van der Waals surface area (Å²) in [6, 6.07) is 0.290. The van der Waals surface area contributed by atoms with Crippen LogP contribution in [0.15, 0.2) is 0 Å². The maximum absolute atomic E-state index is 9.12. The first-order valence-electron chi connectivity index (χ1n) is 4.62. The molecule has 1 atom stereocenters. The summed E-state index contributed by atoms with van der Waals surface area (Å²) in [6.45, 7) is 2.02.